The molecular weight excluding hydrogens is 268 g/mol. The molecule has 1 aliphatic carbocycles. The van der Waals surface area contributed by atoms with E-state index in [1.165, 1.54) is 23.3 Å². The highest BCUT2D eigenvalue weighted by Gasteiger charge is 2.20. The van der Waals surface area contributed by atoms with Crippen molar-refractivity contribution in [2.45, 2.75) is 55.8 Å². The van der Waals surface area contributed by atoms with Gasteiger partial charge >= 0.3 is 0 Å². The van der Waals surface area contributed by atoms with Crippen LogP contribution in [0.15, 0.2) is 29.2 Å². The van der Waals surface area contributed by atoms with Crippen LogP contribution in [-0.4, -0.2) is 23.7 Å². The van der Waals surface area contributed by atoms with Gasteiger partial charge in [0.25, 0.3) is 0 Å². The maximum absolute atomic E-state index is 11.9. The Morgan fingerprint density at radius 3 is 2.95 bits per heavy atom. The SMILES string of the molecule is CCCNC(=O)C(C)Sc1cccc(CNC2CC2)c1. The molecular formula is C16H24N2OS. The smallest absolute Gasteiger partial charge is 0.233 e. The molecule has 20 heavy (non-hydrogen) atoms. The van der Waals surface area contributed by atoms with Crippen LogP contribution in [0, 0.1) is 0 Å². The molecule has 0 aliphatic heterocycles. The lowest BCUT2D eigenvalue weighted by Crippen LogP contribution is -2.31. The van der Waals surface area contributed by atoms with Gasteiger partial charge in [-0.2, -0.15) is 0 Å². The van der Waals surface area contributed by atoms with Gasteiger partial charge in [-0.15, -0.1) is 11.8 Å². The summed E-state index contributed by atoms with van der Waals surface area (Å²) in [5.74, 6) is 0.123. The second-order valence-corrected chi connectivity index (χ2v) is 6.77. The lowest BCUT2D eigenvalue weighted by Gasteiger charge is -2.12. The van der Waals surface area contributed by atoms with E-state index in [9.17, 15) is 4.79 Å². The lowest BCUT2D eigenvalue weighted by molar-refractivity contribution is -0.120. The molecule has 1 aliphatic rings. The molecule has 0 saturated heterocycles. The molecule has 1 saturated carbocycles. The Balaban J connectivity index is 1.84. The zero-order valence-electron chi connectivity index (χ0n) is 12.3. The third-order valence-electron chi connectivity index (χ3n) is 3.30. The number of carbonyl (C=O) groups excluding carboxylic acids is 1. The first-order chi connectivity index (χ1) is 9.69. The van der Waals surface area contributed by atoms with Gasteiger partial charge in [-0.1, -0.05) is 19.1 Å². The largest absolute Gasteiger partial charge is 0.355 e. The van der Waals surface area contributed by atoms with Crippen LogP contribution in [0.4, 0.5) is 0 Å². The summed E-state index contributed by atoms with van der Waals surface area (Å²) in [7, 11) is 0. The number of thioether (sulfide) groups is 1. The van der Waals surface area contributed by atoms with Crippen molar-refractivity contribution in [1.29, 1.82) is 0 Å². The molecule has 0 heterocycles. The topological polar surface area (TPSA) is 41.1 Å². The van der Waals surface area contributed by atoms with Gasteiger partial charge in [-0.05, 0) is 43.9 Å². The molecule has 110 valence electrons. The summed E-state index contributed by atoms with van der Waals surface area (Å²) in [5.41, 5.74) is 1.29. The maximum atomic E-state index is 11.9. The highest BCUT2D eigenvalue weighted by molar-refractivity contribution is 8.00. The quantitative estimate of drug-likeness (QED) is 0.724. The van der Waals surface area contributed by atoms with E-state index in [1.807, 2.05) is 6.92 Å². The molecule has 1 fully saturated rings. The summed E-state index contributed by atoms with van der Waals surface area (Å²) >= 11 is 1.63. The standard InChI is InChI=1S/C16H24N2OS/c1-3-9-17-16(19)12(2)20-15-6-4-5-13(10-15)11-18-14-7-8-14/h4-6,10,12,14,18H,3,7-9,11H2,1-2H3,(H,17,19). The first kappa shape index (κ1) is 15.4. The first-order valence-corrected chi connectivity index (χ1v) is 8.33. The van der Waals surface area contributed by atoms with Crippen molar-refractivity contribution in [3.8, 4) is 0 Å². The Kier molecular flexibility index (Phi) is 5.92. The second kappa shape index (κ2) is 7.70. The van der Waals surface area contributed by atoms with Gasteiger partial charge in [0.2, 0.25) is 5.91 Å². The van der Waals surface area contributed by atoms with Crippen molar-refractivity contribution in [2.75, 3.05) is 6.54 Å². The minimum absolute atomic E-state index is 0.0480. The molecule has 2 rings (SSSR count). The number of amides is 1. The highest BCUT2D eigenvalue weighted by Crippen LogP contribution is 2.25. The molecule has 1 aromatic rings. The van der Waals surface area contributed by atoms with E-state index in [-0.39, 0.29) is 11.2 Å². The van der Waals surface area contributed by atoms with Crippen molar-refractivity contribution in [3.63, 3.8) is 0 Å². The van der Waals surface area contributed by atoms with Crippen molar-refractivity contribution >= 4 is 17.7 Å². The third kappa shape index (κ3) is 5.17. The number of hydrogen-bond acceptors (Lipinski definition) is 3. The molecule has 1 unspecified atom stereocenters. The maximum Gasteiger partial charge on any atom is 0.233 e. The zero-order valence-corrected chi connectivity index (χ0v) is 13.1. The molecule has 3 nitrogen and oxygen atoms in total. The van der Waals surface area contributed by atoms with Gasteiger partial charge in [-0.25, -0.2) is 0 Å². The van der Waals surface area contributed by atoms with Crippen LogP contribution in [-0.2, 0) is 11.3 Å². The van der Waals surface area contributed by atoms with Crippen LogP contribution in [0.25, 0.3) is 0 Å². The van der Waals surface area contributed by atoms with Crippen molar-refractivity contribution in [3.05, 3.63) is 29.8 Å². The fraction of sp³-hybridized carbons (Fsp3) is 0.562. The van der Waals surface area contributed by atoms with Crippen LogP contribution in [0.1, 0.15) is 38.7 Å². The minimum atomic E-state index is -0.0480. The summed E-state index contributed by atoms with van der Waals surface area (Å²) in [6.45, 7) is 5.71. The van der Waals surface area contributed by atoms with Gasteiger partial charge in [0.05, 0.1) is 5.25 Å². The summed E-state index contributed by atoms with van der Waals surface area (Å²) < 4.78 is 0. The predicted octanol–water partition coefficient (Wildman–Crippen LogP) is 2.95. The highest BCUT2D eigenvalue weighted by atomic mass is 32.2. The fourth-order valence-corrected chi connectivity index (χ4v) is 2.90. The number of carbonyl (C=O) groups is 1. The molecule has 1 amide bonds. The molecule has 0 spiro atoms. The summed E-state index contributed by atoms with van der Waals surface area (Å²) in [4.78, 5) is 13.0. The van der Waals surface area contributed by atoms with E-state index in [2.05, 4.69) is 41.8 Å². The van der Waals surface area contributed by atoms with E-state index in [0.717, 1.165) is 25.6 Å². The molecule has 2 N–H and O–H groups in total. The van der Waals surface area contributed by atoms with E-state index in [0.29, 0.717) is 0 Å². The van der Waals surface area contributed by atoms with Crippen molar-refractivity contribution in [2.24, 2.45) is 0 Å². The Morgan fingerprint density at radius 1 is 1.45 bits per heavy atom. The Labute approximate surface area is 125 Å². The number of benzene rings is 1. The average Bonchev–Trinajstić information content (AvgIpc) is 3.27. The van der Waals surface area contributed by atoms with Gasteiger partial charge in [0.15, 0.2) is 0 Å². The summed E-state index contributed by atoms with van der Waals surface area (Å²) in [5, 5.41) is 6.41. The van der Waals surface area contributed by atoms with E-state index >= 15 is 0 Å². The first-order valence-electron chi connectivity index (χ1n) is 7.45. The molecule has 0 aromatic heterocycles. The number of hydrogen-bond donors (Lipinski definition) is 2. The van der Waals surface area contributed by atoms with Gasteiger partial charge in [0, 0.05) is 24.0 Å². The zero-order chi connectivity index (χ0) is 14.4. The van der Waals surface area contributed by atoms with E-state index < -0.39 is 0 Å². The lowest BCUT2D eigenvalue weighted by atomic mass is 10.2. The predicted molar refractivity (Wildman–Crippen MR) is 84.9 cm³/mol. The van der Waals surface area contributed by atoms with Crippen molar-refractivity contribution < 1.29 is 4.79 Å². The fourth-order valence-electron chi connectivity index (χ4n) is 1.93. The Bertz CT molecular complexity index is 446. The monoisotopic (exact) mass is 292 g/mol. The summed E-state index contributed by atoms with van der Waals surface area (Å²) in [6, 6.07) is 9.20. The van der Waals surface area contributed by atoms with Gasteiger partial charge in [-0.3, -0.25) is 4.79 Å². The average molecular weight is 292 g/mol. The number of rotatable bonds is 8. The minimum Gasteiger partial charge on any atom is -0.355 e. The molecule has 1 atom stereocenters. The Morgan fingerprint density at radius 2 is 2.25 bits per heavy atom. The Hall–Kier alpha value is -1.00. The van der Waals surface area contributed by atoms with E-state index in [4.69, 9.17) is 0 Å². The van der Waals surface area contributed by atoms with Crippen LogP contribution in [0.3, 0.4) is 0 Å². The molecule has 4 heteroatoms. The van der Waals surface area contributed by atoms with Gasteiger partial charge in [0.1, 0.15) is 0 Å². The second-order valence-electron chi connectivity index (χ2n) is 5.35. The molecule has 1 aromatic carbocycles. The molecule has 0 radical (unpaired) electrons. The summed E-state index contributed by atoms with van der Waals surface area (Å²) in [6.07, 6.45) is 3.59. The third-order valence-corrected chi connectivity index (χ3v) is 4.40. The normalized spacial score (nSPS) is 15.9. The van der Waals surface area contributed by atoms with Gasteiger partial charge < -0.3 is 10.6 Å². The van der Waals surface area contributed by atoms with Crippen LogP contribution >= 0.6 is 11.8 Å². The van der Waals surface area contributed by atoms with Crippen molar-refractivity contribution in [1.82, 2.24) is 10.6 Å². The van der Waals surface area contributed by atoms with Crippen LogP contribution in [0.2, 0.25) is 0 Å². The number of nitrogens with one attached hydrogen (secondary N) is 2. The van der Waals surface area contributed by atoms with Crippen LogP contribution < -0.4 is 10.6 Å². The van der Waals surface area contributed by atoms with Crippen LogP contribution in [0.5, 0.6) is 0 Å². The van der Waals surface area contributed by atoms with E-state index in [1.54, 1.807) is 11.8 Å². The molecule has 0 bridgehead atoms.